The molecule has 0 radical (unpaired) electrons. The Morgan fingerprint density at radius 1 is 1.08 bits per heavy atom. The summed E-state index contributed by atoms with van der Waals surface area (Å²) in [4.78, 5) is 0. The summed E-state index contributed by atoms with van der Waals surface area (Å²) in [6.07, 6.45) is 0. The summed E-state index contributed by atoms with van der Waals surface area (Å²) in [6, 6.07) is 6.28. The van der Waals surface area contributed by atoms with Crippen molar-refractivity contribution in [3.05, 3.63) is 29.3 Å². The fourth-order valence-electron chi connectivity index (χ4n) is 2.61. The summed E-state index contributed by atoms with van der Waals surface area (Å²) in [5.41, 5.74) is 2.50. The summed E-state index contributed by atoms with van der Waals surface area (Å²) >= 11 is -1.12. The van der Waals surface area contributed by atoms with Crippen molar-refractivity contribution in [2.75, 3.05) is 0 Å². The molecule has 0 aromatic heterocycles. The lowest BCUT2D eigenvalue weighted by molar-refractivity contribution is 0.00578. The van der Waals surface area contributed by atoms with E-state index in [1.165, 1.54) is 0 Å². The minimum Gasteiger partial charge on any atom is -0.598 e. The molecule has 4 nitrogen and oxygen atoms in total. The van der Waals surface area contributed by atoms with Gasteiger partial charge in [0.05, 0.1) is 17.2 Å². The number of hydrogen-bond donors (Lipinski definition) is 1. The van der Waals surface area contributed by atoms with Gasteiger partial charge >= 0.3 is 7.12 Å². The normalized spacial score (nSPS) is 22.1. The molecule has 140 valence electrons. The number of benzene rings is 1. The van der Waals surface area contributed by atoms with Crippen LogP contribution >= 0.6 is 0 Å². The lowest BCUT2D eigenvalue weighted by Crippen LogP contribution is -2.41. The van der Waals surface area contributed by atoms with Crippen molar-refractivity contribution in [1.82, 2.24) is 4.72 Å². The maximum absolute atomic E-state index is 12.4. The quantitative estimate of drug-likeness (QED) is 0.656. The molecule has 25 heavy (non-hydrogen) atoms. The van der Waals surface area contributed by atoms with Gasteiger partial charge in [-0.25, -0.2) is 0 Å². The molecule has 0 bridgehead atoms. The summed E-state index contributed by atoms with van der Waals surface area (Å²) in [6.45, 7) is 18.2. The van der Waals surface area contributed by atoms with Crippen LogP contribution in [-0.2, 0) is 20.7 Å². The highest BCUT2D eigenvalue weighted by Gasteiger charge is 2.51. The van der Waals surface area contributed by atoms with E-state index in [4.69, 9.17) is 9.31 Å². The van der Waals surface area contributed by atoms with Gasteiger partial charge in [0.25, 0.3) is 0 Å². The van der Waals surface area contributed by atoms with Crippen molar-refractivity contribution in [3.8, 4) is 0 Å². The third-order valence-electron chi connectivity index (χ3n) is 4.99. The second kappa shape index (κ2) is 6.89. The van der Waals surface area contributed by atoms with E-state index in [0.29, 0.717) is 0 Å². The third-order valence-corrected chi connectivity index (χ3v) is 6.67. The molecule has 0 amide bonds. The molecule has 1 N–H and O–H groups in total. The SMILES string of the molecule is Cc1cc(B2OC(C)(C)C(C)(C)O2)cc([C@@H](C)N[S@+]([O-])C(C)(C)C)c1. The number of nitrogens with one attached hydrogen (secondary N) is 1. The summed E-state index contributed by atoms with van der Waals surface area (Å²) < 4.78 is 27.6. The molecule has 0 spiro atoms. The Morgan fingerprint density at radius 2 is 1.60 bits per heavy atom. The Balaban J connectivity index is 2.24. The summed E-state index contributed by atoms with van der Waals surface area (Å²) in [5.74, 6) is 0. The van der Waals surface area contributed by atoms with Gasteiger partial charge in [0.15, 0.2) is 0 Å². The minimum atomic E-state index is -1.12. The standard InChI is InChI=1S/C19H32BNO3S/c1-13-10-15(14(2)21-25(22)17(3,4)5)12-16(11-13)20-23-18(6,7)19(8,9)24-20/h10-12,14,21H,1-9H3/t14-,25-/m1/s1. The molecule has 1 aliphatic rings. The molecule has 2 atom stereocenters. The van der Waals surface area contributed by atoms with Gasteiger partial charge in [0, 0.05) is 11.4 Å². The van der Waals surface area contributed by atoms with Crippen LogP contribution in [0.1, 0.15) is 72.6 Å². The molecular weight excluding hydrogens is 333 g/mol. The molecule has 1 heterocycles. The first-order valence-corrected chi connectivity index (χ1v) is 10.0. The van der Waals surface area contributed by atoms with Crippen LogP contribution in [0.15, 0.2) is 18.2 Å². The molecular formula is C19H32BNO3S. The van der Waals surface area contributed by atoms with Crippen molar-refractivity contribution >= 4 is 23.9 Å². The first kappa shape index (κ1) is 20.8. The highest BCUT2D eigenvalue weighted by molar-refractivity contribution is 7.90. The van der Waals surface area contributed by atoms with Gasteiger partial charge in [0.2, 0.25) is 0 Å². The molecule has 2 rings (SSSR count). The van der Waals surface area contributed by atoms with Gasteiger partial charge in [-0.2, -0.15) is 0 Å². The largest absolute Gasteiger partial charge is 0.598 e. The fourth-order valence-corrected chi connectivity index (χ4v) is 3.42. The Hall–Kier alpha value is -0.525. The monoisotopic (exact) mass is 365 g/mol. The van der Waals surface area contributed by atoms with Gasteiger partial charge < -0.3 is 13.9 Å². The number of rotatable bonds is 4. The Morgan fingerprint density at radius 3 is 2.08 bits per heavy atom. The molecule has 6 heteroatoms. The van der Waals surface area contributed by atoms with Gasteiger partial charge in [-0.05, 0) is 73.3 Å². The Bertz CT molecular complexity index is 612. The zero-order valence-corrected chi connectivity index (χ0v) is 17.8. The summed E-state index contributed by atoms with van der Waals surface area (Å²) in [5, 5.41) is 0. The van der Waals surface area contributed by atoms with Crippen molar-refractivity contribution < 1.29 is 13.9 Å². The maximum atomic E-state index is 12.4. The van der Waals surface area contributed by atoms with Crippen LogP contribution in [0.3, 0.4) is 0 Å². The van der Waals surface area contributed by atoms with Gasteiger partial charge in [0.1, 0.15) is 4.75 Å². The van der Waals surface area contributed by atoms with Crippen molar-refractivity contribution in [3.63, 3.8) is 0 Å². The molecule has 0 saturated carbocycles. The predicted octanol–water partition coefficient (Wildman–Crippen LogP) is 3.41. The van der Waals surface area contributed by atoms with E-state index in [2.05, 4.69) is 57.5 Å². The highest BCUT2D eigenvalue weighted by atomic mass is 32.2. The van der Waals surface area contributed by atoms with Crippen molar-refractivity contribution in [1.29, 1.82) is 0 Å². The zero-order valence-electron chi connectivity index (χ0n) is 17.0. The van der Waals surface area contributed by atoms with Crippen molar-refractivity contribution in [2.24, 2.45) is 0 Å². The van der Waals surface area contributed by atoms with E-state index in [9.17, 15) is 4.55 Å². The topological polar surface area (TPSA) is 53.5 Å². The van der Waals surface area contributed by atoms with E-state index in [1.807, 2.05) is 27.7 Å². The average molecular weight is 365 g/mol. The second-order valence-electron chi connectivity index (χ2n) is 8.99. The highest BCUT2D eigenvalue weighted by Crippen LogP contribution is 2.36. The van der Waals surface area contributed by atoms with Crippen LogP contribution in [0.4, 0.5) is 0 Å². The molecule has 1 aromatic rings. The van der Waals surface area contributed by atoms with Crippen LogP contribution in [0, 0.1) is 6.92 Å². The van der Waals surface area contributed by atoms with E-state index < -0.39 is 11.4 Å². The number of aryl methyl sites for hydroxylation is 1. The molecule has 0 unspecified atom stereocenters. The Kier molecular flexibility index (Phi) is 5.73. The van der Waals surface area contributed by atoms with E-state index in [1.54, 1.807) is 0 Å². The van der Waals surface area contributed by atoms with Crippen LogP contribution in [0.2, 0.25) is 0 Å². The molecule has 0 aliphatic carbocycles. The lowest BCUT2D eigenvalue weighted by Gasteiger charge is -2.32. The van der Waals surface area contributed by atoms with E-state index in [-0.39, 0.29) is 29.1 Å². The molecule has 1 saturated heterocycles. The average Bonchev–Trinajstić information content (AvgIpc) is 2.65. The number of hydrogen-bond acceptors (Lipinski definition) is 4. The second-order valence-corrected chi connectivity index (χ2v) is 11.0. The van der Waals surface area contributed by atoms with Gasteiger partial charge in [-0.1, -0.05) is 23.8 Å². The van der Waals surface area contributed by atoms with Crippen LogP contribution in [0.25, 0.3) is 0 Å². The molecule has 1 fully saturated rings. The first-order valence-electron chi connectivity index (χ1n) is 8.88. The smallest absolute Gasteiger partial charge is 0.494 e. The first-order chi connectivity index (χ1) is 11.2. The minimum absolute atomic E-state index is 0.0267. The lowest BCUT2D eigenvalue weighted by atomic mass is 9.77. The van der Waals surface area contributed by atoms with Crippen molar-refractivity contribution in [2.45, 2.75) is 84.3 Å². The Labute approximate surface area is 156 Å². The van der Waals surface area contributed by atoms with E-state index >= 15 is 0 Å². The summed E-state index contributed by atoms with van der Waals surface area (Å²) in [7, 11) is -0.385. The van der Waals surface area contributed by atoms with Gasteiger partial charge in [-0.3, -0.25) is 0 Å². The molecule has 1 aliphatic heterocycles. The predicted molar refractivity (Wildman–Crippen MR) is 106 cm³/mol. The maximum Gasteiger partial charge on any atom is 0.494 e. The zero-order chi connectivity index (χ0) is 19.2. The van der Waals surface area contributed by atoms with Crippen LogP contribution in [0.5, 0.6) is 0 Å². The third kappa shape index (κ3) is 4.61. The van der Waals surface area contributed by atoms with Crippen LogP contribution in [-0.4, -0.2) is 27.6 Å². The van der Waals surface area contributed by atoms with E-state index in [0.717, 1.165) is 16.6 Å². The molecule has 1 aromatic carbocycles. The van der Waals surface area contributed by atoms with Gasteiger partial charge in [-0.15, -0.1) is 4.72 Å². The fraction of sp³-hybridized carbons (Fsp3) is 0.684. The van der Waals surface area contributed by atoms with Crippen LogP contribution < -0.4 is 10.2 Å².